The van der Waals surface area contributed by atoms with Crippen LogP contribution in [0, 0.1) is 0 Å². The molecule has 2 aromatic carbocycles. The van der Waals surface area contributed by atoms with Gasteiger partial charge in [0.05, 0.1) is 26.7 Å². The summed E-state index contributed by atoms with van der Waals surface area (Å²) in [6.07, 6.45) is 4.15. The second-order valence-corrected chi connectivity index (χ2v) is 7.71. The first kappa shape index (κ1) is 19.8. The molecule has 0 amide bonds. The minimum absolute atomic E-state index is 0. The maximum absolute atomic E-state index is 6.65. The van der Waals surface area contributed by atoms with Gasteiger partial charge in [-0.2, -0.15) is 0 Å². The zero-order chi connectivity index (χ0) is 17.2. The minimum Gasteiger partial charge on any atom is -1.00 e. The highest BCUT2D eigenvalue weighted by atomic mass is 127. The quantitative estimate of drug-likeness (QED) is 0.495. The van der Waals surface area contributed by atoms with Crippen LogP contribution in [-0.2, 0) is 15.3 Å². The monoisotopic (exact) mass is 465 g/mol. The highest BCUT2D eigenvalue weighted by Gasteiger charge is 2.47. The molecule has 2 saturated heterocycles. The zero-order valence-electron chi connectivity index (χ0n) is 15.4. The van der Waals surface area contributed by atoms with Crippen LogP contribution in [0.1, 0.15) is 30.4 Å². The van der Waals surface area contributed by atoms with Crippen LogP contribution in [-0.4, -0.2) is 43.9 Å². The second kappa shape index (κ2) is 8.38. The molecule has 0 N–H and O–H groups in total. The SMILES string of the molecule is C[N+]1(CC2COC(c3ccccc3)(c3ccccc3)O2)CCCCC1.[I-]. The average Bonchev–Trinajstić information content (AvgIpc) is 3.08. The number of rotatable bonds is 4. The molecule has 0 radical (unpaired) electrons. The van der Waals surface area contributed by atoms with E-state index in [-0.39, 0.29) is 30.1 Å². The third kappa shape index (κ3) is 3.98. The topological polar surface area (TPSA) is 18.5 Å². The van der Waals surface area contributed by atoms with Gasteiger partial charge in [0.15, 0.2) is 0 Å². The zero-order valence-corrected chi connectivity index (χ0v) is 17.6. The predicted octanol–water partition coefficient (Wildman–Crippen LogP) is 0.938. The molecule has 4 heteroatoms. The molecular formula is C22H28INO2. The Hall–Kier alpha value is -0.950. The van der Waals surface area contributed by atoms with E-state index in [9.17, 15) is 0 Å². The Morgan fingerprint density at radius 2 is 1.42 bits per heavy atom. The fraction of sp³-hybridized carbons (Fsp3) is 0.455. The Morgan fingerprint density at radius 3 is 1.96 bits per heavy atom. The molecule has 0 bridgehead atoms. The molecule has 0 aliphatic carbocycles. The highest BCUT2D eigenvalue weighted by molar-refractivity contribution is 5.34. The van der Waals surface area contributed by atoms with Crippen molar-refractivity contribution in [2.24, 2.45) is 0 Å². The molecule has 0 aromatic heterocycles. The Morgan fingerprint density at radius 1 is 0.885 bits per heavy atom. The summed E-state index contributed by atoms with van der Waals surface area (Å²) in [7, 11) is 2.37. The van der Waals surface area contributed by atoms with Gasteiger partial charge < -0.3 is 37.9 Å². The summed E-state index contributed by atoms with van der Waals surface area (Å²) in [6, 6.07) is 20.7. The number of halogens is 1. The maximum atomic E-state index is 6.65. The van der Waals surface area contributed by atoms with Gasteiger partial charge in [-0.15, -0.1) is 0 Å². The van der Waals surface area contributed by atoms with E-state index in [0.29, 0.717) is 6.61 Å². The van der Waals surface area contributed by atoms with E-state index in [1.54, 1.807) is 0 Å². The summed E-state index contributed by atoms with van der Waals surface area (Å²) in [5.74, 6) is -0.776. The molecule has 140 valence electrons. The third-order valence-electron chi connectivity index (χ3n) is 5.65. The van der Waals surface area contributed by atoms with Gasteiger partial charge in [0.25, 0.3) is 0 Å². The molecule has 2 heterocycles. The molecule has 1 unspecified atom stereocenters. The third-order valence-corrected chi connectivity index (χ3v) is 5.65. The van der Waals surface area contributed by atoms with E-state index < -0.39 is 5.79 Å². The summed E-state index contributed by atoms with van der Waals surface area (Å²) < 4.78 is 14.1. The molecule has 2 aliphatic heterocycles. The average molecular weight is 465 g/mol. The molecule has 1 atom stereocenters. The molecule has 3 nitrogen and oxygen atoms in total. The highest BCUT2D eigenvalue weighted by Crippen LogP contribution is 2.41. The number of likely N-dealkylation sites (tertiary alicyclic amines) is 1. The van der Waals surface area contributed by atoms with Crippen molar-refractivity contribution in [1.82, 2.24) is 0 Å². The van der Waals surface area contributed by atoms with Crippen molar-refractivity contribution in [2.45, 2.75) is 31.2 Å². The normalized spacial score (nSPS) is 24.0. The summed E-state index contributed by atoms with van der Waals surface area (Å²) in [5.41, 5.74) is 2.15. The second-order valence-electron chi connectivity index (χ2n) is 7.71. The van der Waals surface area contributed by atoms with Crippen molar-refractivity contribution in [1.29, 1.82) is 0 Å². The van der Waals surface area contributed by atoms with Gasteiger partial charge in [0, 0.05) is 11.1 Å². The molecule has 0 spiro atoms. The lowest BCUT2D eigenvalue weighted by molar-refractivity contribution is -0.916. The van der Waals surface area contributed by atoms with E-state index in [0.717, 1.165) is 22.2 Å². The minimum atomic E-state index is -0.776. The number of likely N-dealkylation sites (N-methyl/N-ethyl adjacent to an activating group) is 1. The first-order valence-electron chi connectivity index (χ1n) is 9.47. The molecule has 0 saturated carbocycles. The molecular weight excluding hydrogens is 437 g/mol. The first-order chi connectivity index (χ1) is 12.2. The van der Waals surface area contributed by atoms with Crippen LogP contribution in [0.2, 0.25) is 0 Å². The molecule has 2 aliphatic rings. The predicted molar refractivity (Wildman–Crippen MR) is 99.1 cm³/mol. The van der Waals surface area contributed by atoms with Crippen molar-refractivity contribution >= 4 is 0 Å². The van der Waals surface area contributed by atoms with E-state index in [1.807, 2.05) is 12.1 Å². The van der Waals surface area contributed by atoms with E-state index >= 15 is 0 Å². The van der Waals surface area contributed by atoms with Gasteiger partial charge in [-0.05, 0) is 19.3 Å². The van der Waals surface area contributed by atoms with Gasteiger partial charge in [0.2, 0.25) is 5.79 Å². The smallest absolute Gasteiger partial charge is 0.222 e. The summed E-state index contributed by atoms with van der Waals surface area (Å²) in [5, 5.41) is 0. The Labute approximate surface area is 173 Å². The number of hydrogen-bond donors (Lipinski definition) is 0. The van der Waals surface area contributed by atoms with Gasteiger partial charge in [0.1, 0.15) is 12.6 Å². The van der Waals surface area contributed by atoms with Crippen LogP contribution in [0.25, 0.3) is 0 Å². The maximum Gasteiger partial charge on any atom is 0.222 e. The Balaban J connectivity index is 0.00000196. The van der Waals surface area contributed by atoms with E-state index in [1.165, 1.54) is 32.4 Å². The van der Waals surface area contributed by atoms with Gasteiger partial charge in [-0.3, -0.25) is 0 Å². The standard InChI is InChI=1S/C22H28NO2.HI/c1-23(15-9-4-10-16-23)17-21-18-24-22(25-21,19-11-5-2-6-12-19)20-13-7-3-8-14-20;/h2-3,5-8,11-14,21H,4,9-10,15-18H2,1H3;1H/q+1;/p-1. The van der Waals surface area contributed by atoms with Gasteiger partial charge in [-0.1, -0.05) is 60.7 Å². The summed E-state index contributed by atoms with van der Waals surface area (Å²) >= 11 is 0. The van der Waals surface area contributed by atoms with Crippen LogP contribution in [0.3, 0.4) is 0 Å². The van der Waals surface area contributed by atoms with Crippen molar-refractivity contribution in [3.63, 3.8) is 0 Å². The molecule has 26 heavy (non-hydrogen) atoms. The van der Waals surface area contributed by atoms with Crippen molar-refractivity contribution in [2.75, 3.05) is 33.3 Å². The Kier molecular flexibility index (Phi) is 6.38. The summed E-state index contributed by atoms with van der Waals surface area (Å²) in [4.78, 5) is 0. The van der Waals surface area contributed by atoms with Gasteiger partial charge in [-0.25, -0.2) is 0 Å². The number of benzene rings is 2. The lowest BCUT2D eigenvalue weighted by atomic mass is 9.97. The lowest BCUT2D eigenvalue weighted by Gasteiger charge is -2.39. The van der Waals surface area contributed by atoms with Crippen molar-refractivity contribution in [3.8, 4) is 0 Å². The molecule has 2 fully saturated rings. The Bertz CT molecular complexity index is 646. The first-order valence-corrected chi connectivity index (χ1v) is 9.47. The number of ether oxygens (including phenoxy) is 2. The van der Waals surface area contributed by atoms with E-state index in [2.05, 4.69) is 55.6 Å². The van der Waals surface area contributed by atoms with E-state index in [4.69, 9.17) is 9.47 Å². The number of hydrogen-bond acceptors (Lipinski definition) is 2. The molecule has 2 aromatic rings. The summed E-state index contributed by atoms with van der Waals surface area (Å²) in [6.45, 7) is 4.19. The number of quaternary nitrogens is 1. The van der Waals surface area contributed by atoms with Crippen LogP contribution in [0.15, 0.2) is 60.7 Å². The number of piperidine rings is 1. The van der Waals surface area contributed by atoms with Crippen LogP contribution < -0.4 is 24.0 Å². The van der Waals surface area contributed by atoms with Crippen molar-refractivity contribution < 1.29 is 37.9 Å². The van der Waals surface area contributed by atoms with Crippen LogP contribution >= 0.6 is 0 Å². The largest absolute Gasteiger partial charge is 1.00 e. The van der Waals surface area contributed by atoms with Crippen LogP contribution in [0.4, 0.5) is 0 Å². The molecule has 4 rings (SSSR count). The van der Waals surface area contributed by atoms with Gasteiger partial charge >= 0.3 is 0 Å². The van der Waals surface area contributed by atoms with Crippen molar-refractivity contribution in [3.05, 3.63) is 71.8 Å². The lowest BCUT2D eigenvalue weighted by Crippen LogP contribution is -3.00. The fourth-order valence-corrected chi connectivity index (χ4v) is 4.34. The van der Waals surface area contributed by atoms with Crippen LogP contribution in [0.5, 0.6) is 0 Å². The fourth-order valence-electron chi connectivity index (χ4n) is 4.34. The number of nitrogens with zero attached hydrogens (tertiary/aromatic N) is 1.